The lowest BCUT2D eigenvalue weighted by Crippen LogP contribution is -1.82. The van der Waals surface area contributed by atoms with E-state index in [2.05, 4.69) is 13.0 Å². The highest BCUT2D eigenvalue weighted by Crippen LogP contribution is 2.25. The first-order valence-electron chi connectivity index (χ1n) is 3.62. The molecule has 0 spiro atoms. The minimum absolute atomic E-state index is 1.16. The molecule has 0 N–H and O–H groups in total. The minimum atomic E-state index is 1.16. The van der Waals surface area contributed by atoms with E-state index in [1.165, 1.54) is 29.8 Å². The average Bonchev–Trinajstić information content (AvgIpc) is 2.03. The molecule has 1 aliphatic heterocycles. The molecule has 2 heteroatoms. The lowest BCUT2D eigenvalue weighted by Gasteiger charge is -2.06. The van der Waals surface area contributed by atoms with Gasteiger partial charge in [0.25, 0.3) is 0 Å². The third kappa shape index (κ3) is 2.48. The molecule has 0 bridgehead atoms. The fourth-order valence-electron chi connectivity index (χ4n) is 0.772. The maximum Gasteiger partial charge on any atom is 0.102 e. The summed E-state index contributed by atoms with van der Waals surface area (Å²) in [6, 6.07) is 0. The van der Waals surface area contributed by atoms with Crippen LogP contribution in [0.3, 0.4) is 0 Å². The Morgan fingerprint density at radius 2 is 2.50 bits per heavy atom. The smallest absolute Gasteiger partial charge is 0.102 e. The lowest BCUT2D eigenvalue weighted by atomic mass is 10.2. The summed E-state index contributed by atoms with van der Waals surface area (Å²) >= 11 is 1.48. The zero-order valence-corrected chi connectivity index (χ0v) is 6.99. The summed E-state index contributed by atoms with van der Waals surface area (Å²) < 4.78 is 5.05. The number of rotatable bonds is 3. The maximum absolute atomic E-state index is 5.05. The molecule has 0 atom stereocenters. The molecule has 0 aromatic rings. The Balaban J connectivity index is 2.25. The van der Waals surface area contributed by atoms with Crippen LogP contribution in [0.25, 0.3) is 0 Å². The van der Waals surface area contributed by atoms with Crippen molar-refractivity contribution in [2.24, 2.45) is 0 Å². The van der Waals surface area contributed by atoms with Gasteiger partial charge in [-0.2, -0.15) is 0 Å². The van der Waals surface area contributed by atoms with Crippen molar-refractivity contribution in [2.45, 2.75) is 26.2 Å². The Kier molecular flexibility index (Phi) is 3.44. The molecule has 56 valence electrons. The van der Waals surface area contributed by atoms with E-state index in [0.717, 1.165) is 6.42 Å². The van der Waals surface area contributed by atoms with Crippen LogP contribution in [0.5, 0.6) is 0 Å². The van der Waals surface area contributed by atoms with E-state index in [1.807, 2.05) is 6.08 Å². The van der Waals surface area contributed by atoms with Gasteiger partial charge in [-0.25, -0.2) is 0 Å². The summed E-state index contributed by atoms with van der Waals surface area (Å²) in [7, 11) is 0. The Morgan fingerprint density at radius 3 is 3.10 bits per heavy atom. The molecule has 0 aliphatic carbocycles. The fourth-order valence-corrected chi connectivity index (χ4v) is 1.38. The van der Waals surface area contributed by atoms with Crippen LogP contribution in [0.15, 0.2) is 23.3 Å². The van der Waals surface area contributed by atoms with Gasteiger partial charge in [0, 0.05) is 4.91 Å². The quantitative estimate of drug-likeness (QED) is 0.580. The van der Waals surface area contributed by atoms with Crippen LogP contribution in [0, 0.1) is 0 Å². The molecule has 0 saturated heterocycles. The van der Waals surface area contributed by atoms with Crippen molar-refractivity contribution in [3.8, 4) is 0 Å². The molecule has 0 fully saturated rings. The topological polar surface area (TPSA) is 9.23 Å². The largest absolute Gasteiger partial charge is 0.429 e. The molecule has 0 aromatic heterocycles. The molecular formula is C8H12OS. The van der Waals surface area contributed by atoms with E-state index in [9.17, 15) is 0 Å². The van der Waals surface area contributed by atoms with Crippen LogP contribution in [0.2, 0.25) is 0 Å². The molecule has 0 amide bonds. The van der Waals surface area contributed by atoms with E-state index >= 15 is 0 Å². The molecule has 0 aromatic carbocycles. The molecule has 1 nitrogen and oxygen atoms in total. The van der Waals surface area contributed by atoms with Crippen LogP contribution >= 0.6 is 12.0 Å². The maximum atomic E-state index is 5.05. The van der Waals surface area contributed by atoms with Crippen molar-refractivity contribution < 1.29 is 4.18 Å². The first-order chi connectivity index (χ1) is 4.93. The molecule has 10 heavy (non-hydrogen) atoms. The fraction of sp³-hybridized carbons (Fsp3) is 0.500. The SMILES string of the molecule is CCCCC1=CC=COS1. The van der Waals surface area contributed by atoms with Crippen LogP contribution in [-0.2, 0) is 4.18 Å². The number of allylic oxidation sites excluding steroid dienone is 3. The van der Waals surface area contributed by atoms with Gasteiger partial charge in [0.1, 0.15) is 6.26 Å². The molecule has 0 saturated carbocycles. The van der Waals surface area contributed by atoms with E-state index in [4.69, 9.17) is 4.18 Å². The summed E-state index contributed by atoms with van der Waals surface area (Å²) in [5.41, 5.74) is 0. The second-order valence-corrected chi connectivity index (χ2v) is 3.13. The molecular weight excluding hydrogens is 144 g/mol. The molecule has 1 aliphatic rings. The van der Waals surface area contributed by atoms with E-state index in [0.29, 0.717) is 0 Å². The number of hydrogen-bond donors (Lipinski definition) is 0. The summed E-state index contributed by atoms with van der Waals surface area (Å²) in [4.78, 5) is 1.34. The van der Waals surface area contributed by atoms with Crippen molar-refractivity contribution >= 4 is 12.0 Å². The van der Waals surface area contributed by atoms with Gasteiger partial charge in [-0.3, -0.25) is 0 Å². The monoisotopic (exact) mass is 156 g/mol. The Morgan fingerprint density at radius 1 is 1.60 bits per heavy atom. The summed E-state index contributed by atoms with van der Waals surface area (Å²) in [6.07, 6.45) is 9.44. The second-order valence-electron chi connectivity index (χ2n) is 2.24. The highest BCUT2D eigenvalue weighted by atomic mass is 32.2. The summed E-state index contributed by atoms with van der Waals surface area (Å²) in [6.45, 7) is 2.20. The highest BCUT2D eigenvalue weighted by molar-refractivity contribution is 7.98. The lowest BCUT2D eigenvalue weighted by molar-refractivity contribution is 0.564. The van der Waals surface area contributed by atoms with Crippen molar-refractivity contribution in [3.63, 3.8) is 0 Å². The van der Waals surface area contributed by atoms with Gasteiger partial charge in [-0.1, -0.05) is 13.3 Å². The Hall–Kier alpha value is -0.370. The van der Waals surface area contributed by atoms with Crippen LogP contribution < -0.4 is 0 Å². The second kappa shape index (κ2) is 4.45. The van der Waals surface area contributed by atoms with Crippen LogP contribution in [0.4, 0.5) is 0 Å². The third-order valence-electron chi connectivity index (χ3n) is 1.35. The van der Waals surface area contributed by atoms with Crippen LogP contribution in [0.1, 0.15) is 26.2 Å². The van der Waals surface area contributed by atoms with Crippen molar-refractivity contribution in [1.29, 1.82) is 0 Å². The van der Waals surface area contributed by atoms with E-state index < -0.39 is 0 Å². The van der Waals surface area contributed by atoms with Crippen molar-refractivity contribution in [2.75, 3.05) is 0 Å². The van der Waals surface area contributed by atoms with Gasteiger partial charge in [0.05, 0.1) is 12.0 Å². The first-order valence-corrected chi connectivity index (χ1v) is 4.36. The summed E-state index contributed by atoms with van der Waals surface area (Å²) in [5.74, 6) is 0. The molecule has 0 unspecified atom stereocenters. The van der Waals surface area contributed by atoms with E-state index in [1.54, 1.807) is 6.26 Å². The zero-order chi connectivity index (χ0) is 7.23. The van der Waals surface area contributed by atoms with Gasteiger partial charge in [0.15, 0.2) is 0 Å². The molecule has 1 heterocycles. The third-order valence-corrected chi connectivity index (χ3v) is 2.11. The van der Waals surface area contributed by atoms with Crippen molar-refractivity contribution in [3.05, 3.63) is 23.3 Å². The number of unbranched alkanes of at least 4 members (excludes halogenated alkanes) is 1. The standard InChI is InChI=1S/C8H12OS/c1-2-3-5-8-6-4-7-9-10-8/h4,6-7H,2-3,5H2,1H3. The van der Waals surface area contributed by atoms with Crippen LogP contribution in [-0.4, -0.2) is 0 Å². The first kappa shape index (κ1) is 7.73. The van der Waals surface area contributed by atoms with Gasteiger partial charge in [-0.15, -0.1) is 0 Å². The van der Waals surface area contributed by atoms with Gasteiger partial charge >= 0.3 is 0 Å². The van der Waals surface area contributed by atoms with Gasteiger partial charge < -0.3 is 4.18 Å². The Bertz CT molecular complexity index is 149. The predicted molar refractivity (Wildman–Crippen MR) is 45.4 cm³/mol. The van der Waals surface area contributed by atoms with Crippen molar-refractivity contribution in [1.82, 2.24) is 0 Å². The molecule has 1 rings (SSSR count). The molecule has 0 radical (unpaired) electrons. The zero-order valence-electron chi connectivity index (χ0n) is 6.17. The predicted octanol–water partition coefficient (Wildman–Crippen LogP) is 3.25. The number of hydrogen-bond acceptors (Lipinski definition) is 2. The van der Waals surface area contributed by atoms with E-state index in [-0.39, 0.29) is 0 Å². The average molecular weight is 156 g/mol. The Labute approximate surface area is 66.4 Å². The van der Waals surface area contributed by atoms with Gasteiger partial charge in [0.2, 0.25) is 0 Å². The minimum Gasteiger partial charge on any atom is -0.429 e. The van der Waals surface area contributed by atoms with Gasteiger partial charge in [-0.05, 0) is 25.0 Å². The highest BCUT2D eigenvalue weighted by Gasteiger charge is 1.99. The summed E-state index contributed by atoms with van der Waals surface area (Å²) in [5, 5.41) is 0. The normalized spacial score (nSPS) is 16.3.